The number of hydrogen-bond donors (Lipinski definition) is 2. The molecule has 0 aliphatic rings. The number of hydrogen-bond acceptors (Lipinski definition) is 4. The Balaban J connectivity index is 1.88. The molecule has 0 fully saturated rings. The van der Waals surface area contributed by atoms with E-state index in [-0.39, 0.29) is 18.1 Å². The Morgan fingerprint density at radius 3 is 2.26 bits per heavy atom. The lowest BCUT2D eigenvalue weighted by molar-refractivity contribution is 0.200. The van der Waals surface area contributed by atoms with Crippen molar-refractivity contribution in [3.05, 3.63) is 89.7 Å². The van der Waals surface area contributed by atoms with E-state index in [0.29, 0.717) is 11.3 Å². The first-order valence-corrected chi connectivity index (χ1v) is 7.33. The molecule has 2 N–H and O–H groups in total. The summed E-state index contributed by atoms with van der Waals surface area (Å²) in [6, 6.07) is 20.2. The molecule has 0 aliphatic carbocycles. The number of rotatable bonds is 5. The number of nitrogens with zero attached hydrogens (tertiary/aromatic N) is 1. The zero-order valence-corrected chi connectivity index (χ0v) is 12.5. The van der Waals surface area contributed by atoms with E-state index in [1.807, 2.05) is 48.5 Å². The molecule has 0 amide bonds. The predicted molar refractivity (Wildman–Crippen MR) is 87.2 cm³/mol. The van der Waals surface area contributed by atoms with Crippen LogP contribution in [-0.4, -0.2) is 15.2 Å². The largest absolute Gasteiger partial charge is 0.504 e. The Morgan fingerprint density at radius 2 is 1.57 bits per heavy atom. The van der Waals surface area contributed by atoms with Crippen LogP contribution in [0.2, 0.25) is 0 Å². The highest BCUT2D eigenvalue weighted by atomic mass is 16.5. The third-order valence-corrected chi connectivity index (χ3v) is 3.51. The van der Waals surface area contributed by atoms with Gasteiger partial charge in [0, 0.05) is 12.3 Å². The van der Waals surface area contributed by atoms with Crippen molar-refractivity contribution in [2.45, 2.75) is 12.7 Å². The second kappa shape index (κ2) is 6.94. The summed E-state index contributed by atoms with van der Waals surface area (Å²) in [7, 11) is 0. The fourth-order valence-corrected chi connectivity index (χ4v) is 2.32. The van der Waals surface area contributed by atoms with Gasteiger partial charge >= 0.3 is 0 Å². The standard InChI is InChI=1S/C19H17NO3/c21-16-11-12-20-17(18(22)15-9-5-2-6-10-15)19(16)23-13-14-7-3-1-4-8-14/h1-12,18,22H,13H2,(H,20,21). The van der Waals surface area contributed by atoms with Gasteiger partial charge in [0.25, 0.3) is 0 Å². The van der Waals surface area contributed by atoms with Crippen LogP contribution in [0.4, 0.5) is 0 Å². The van der Waals surface area contributed by atoms with Crippen LogP contribution in [0.3, 0.4) is 0 Å². The summed E-state index contributed by atoms with van der Waals surface area (Å²) in [5.74, 6) is 0.161. The Kier molecular flexibility index (Phi) is 4.54. The summed E-state index contributed by atoms with van der Waals surface area (Å²) in [5, 5.41) is 20.6. The molecule has 3 rings (SSSR count). The molecule has 3 aromatic rings. The quantitative estimate of drug-likeness (QED) is 0.758. The van der Waals surface area contributed by atoms with Crippen molar-refractivity contribution in [2.75, 3.05) is 0 Å². The van der Waals surface area contributed by atoms with Gasteiger partial charge in [-0.25, -0.2) is 0 Å². The van der Waals surface area contributed by atoms with Crippen LogP contribution in [0.25, 0.3) is 0 Å². The van der Waals surface area contributed by atoms with Crippen molar-refractivity contribution in [1.82, 2.24) is 4.98 Å². The molecule has 0 bridgehead atoms. The third-order valence-electron chi connectivity index (χ3n) is 3.51. The first-order valence-electron chi connectivity index (χ1n) is 7.33. The van der Waals surface area contributed by atoms with Gasteiger partial charge in [-0.15, -0.1) is 0 Å². The molecule has 0 saturated heterocycles. The highest BCUT2D eigenvalue weighted by molar-refractivity contribution is 5.45. The fourth-order valence-electron chi connectivity index (χ4n) is 2.32. The molecule has 116 valence electrons. The smallest absolute Gasteiger partial charge is 0.185 e. The lowest BCUT2D eigenvalue weighted by Gasteiger charge is -2.16. The van der Waals surface area contributed by atoms with Gasteiger partial charge in [0.05, 0.1) is 0 Å². The highest BCUT2D eigenvalue weighted by Gasteiger charge is 2.20. The number of pyridine rings is 1. The van der Waals surface area contributed by atoms with E-state index < -0.39 is 6.10 Å². The van der Waals surface area contributed by atoms with Gasteiger partial charge in [0.15, 0.2) is 11.5 Å². The number of aliphatic hydroxyl groups is 1. The van der Waals surface area contributed by atoms with Crippen molar-refractivity contribution in [3.8, 4) is 11.5 Å². The predicted octanol–water partition coefficient (Wildman–Crippen LogP) is 3.45. The van der Waals surface area contributed by atoms with Gasteiger partial charge in [0.1, 0.15) is 18.4 Å². The molecule has 2 aromatic carbocycles. The molecule has 1 unspecified atom stereocenters. The lowest BCUT2D eigenvalue weighted by Crippen LogP contribution is -2.07. The molecule has 4 nitrogen and oxygen atoms in total. The van der Waals surface area contributed by atoms with Crippen molar-refractivity contribution >= 4 is 0 Å². The summed E-state index contributed by atoms with van der Waals surface area (Å²) in [6.45, 7) is 0.286. The van der Waals surface area contributed by atoms with E-state index in [0.717, 1.165) is 5.56 Å². The van der Waals surface area contributed by atoms with E-state index >= 15 is 0 Å². The van der Waals surface area contributed by atoms with Crippen LogP contribution >= 0.6 is 0 Å². The van der Waals surface area contributed by atoms with E-state index in [1.165, 1.54) is 12.3 Å². The van der Waals surface area contributed by atoms with Crippen LogP contribution in [0.15, 0.2) is 72.9 Å². The molecule has 0 spiro atoms. The Bertz CT molecular complexity index is 760. The maximum atomic E-state index is 10.5. The fraction of sp³-hybridized carbons (Fsp3) is 0.105. The van der Waals surface area contributed by atoms with Crippen LogP contribution in [0.5, 0.6) is 11.5 Å². The number of aliphatic hydroxyl groups excluding tert-OH is 1. The molecule has 0 aliphatic heterocycles. The van der Waals surface area contributed by atoms with Gasteiger partial charge < -0.3 is 14.9 Å². The van der Waals surface area contributed by atoms with Crippen LogP contribution in [0, 0.1) is 0 Å². The first kappa shape index (κ1) is 15.1. The highest BCUT2D eigenvalue weighted by Crippen LogP contribution is 2.35. The maximum Gasteiger partial charge on any atom is 0.185 e. The number of aromatic nitrogens is 1. The van der Waals surface area contributed by atoms with Crippen molar-refractivity contribution < 1.29 is 14.9 Å². The van der Waals surface area contributed by atoms with Crippen LogP contribution < -0.4 is 4.74 Å². The summed E-state index contributed by atoms with van der Waals surface area (Å²) in [6.07, 6.45) is 0.487. The Hall–Kier alpha value is -2.85. The normalized spacial score (nSPS) is 11.9. The van der Waals surface area contributed by atoms with E-state index in [9.17, 15) is 10.2 Å². The topological polar surface area (TPSA) is 62.6 Å². The summed E-state index contributed by atoms with van der Waals surface area (Å²) >= 11 is 0. The van der Waals surface area contributed by atoms with Crippen molar-refractivity contribution in [2.24, 2.45) is 0 Å². The second-order valence-electron chi connectivity index (χ2n) is 5.13. The van der Waals surface area contributed by atoms with E-state index in [1.54, 1.807) is 12.1 Å². The molecule has 1 heterocycles. The average Bonchev–Trinajstić information content (AvgIpc) is 2.61. The maximum absolute atomic E-state index is 10.5. The molecule has 1 aromatic heterocycles. The first-order chi connectivity index (χ1) is 11.3. The number of benzene rings is 2. The number of aromatic hydroxyl groups is 1. The monoisotopic (exact) mass is 307 g/mol. The number of ether oxygens (including phenoxy) is 1. The van der Waals surface area contributed by atoms with Crippen molar-refractivity contribution in [1.29, 1.82) is 0 Å². The molecular formula is C19H17NO3. The van der Waals surface area contributed by atoms with Gasteiger partial charge in [-0.1, -0.05) is 60.7 Å². The van der Waals surface area contributed by atoms with Crippen LogP contribution in [0.1, 0.15) is 22.9 Å². The van der Waals surface area contributed by atoms with Gasteiger partial charge in [-0.2, -0.15) is 0 Å². The molecule has 0 saturated carbocycles. The minimum atomic E-state index is -0.964. The zero-order valence-electron chi connectivity index (χ0n) is 12.5. The molecule has 1 atom stereocenters. The van der Waals surface area contributed by atoms with Gasteiger partial charge in [0.2, 0.25) is 0 Å². The molecule has 0 radical (unpaired) electrons. The minimum Gasteiger partial charge on any atom is -0.504 e. The van der Waals surface area contributed by atoms with Crippen LogP contribution in [-0.2, 0) is 6.61 Å². The summed E-state index contributed by atoms with van der Waals surface area (Å²) in [5.41, 5.74) is 1.96. The summed E-state index contributed by atoms with van der Waals surface area (Å²) in [4.78, 5) is 4.19. The van der Waals surface area contributed by atoms with Gasteiger partial charge in [-0.05, 0) is 11.1 Å². The zero-order chi connectivity index (χ0) is 16.1. The third kappa shape index (κ3) is 3.49. The SMILES string of the molecule is Oc1ccnc(C(O)c2ccccc2)c1OCc1ccccc1. The lowest BCUT2D eigenvalue weighted by atomic mass is 10.1. The Labute approximate surface area is 134 Å². The Morgan fingerprint density at radius 1 is 0.913 bits per heavy atom. The van der Waals surface area contributed by atoms with Gasteiger partial charge in [-0.3, -0.25) is 4.98 Å². The average molecular weight is 307 g/mol. The van der Waals surface area contributed by atoms with E-state index in [4.69, 9.17) is 4.74 Å². The second-order valence-corrected chi connectivity index (χ2v) is 5.13. The molecule has 4 heteroatoms. The molecular weight excluding hydrogens is 290 g/mol. The van der Waals surface area contributed by atoms with Crippen molar-refractivity contribution in [3.63, 3.8) is 0 Å². The molecule has 23 heavy (non-hydrogen) atoms. The minimum absolute atomic E-state index is 0.0408. The van der Waals surface area contributed by atoms with E-state index in [2.05, 4.69) is 4.98 Å². The summed E-state index contributed by atoms with van der Waals surface area (Å²) < 4.78 is 5.72.